The van der Waals surface area contributed by atoms with Gasteiger partial charge in [0.1, 0.15) is 0 Å². The number of hydrogen-bond donors (Lipinski definition) is 0. The first-order chi connectivity index (χ1) is 13.5. The summed E-state index contributed by atoms with van der Waals surface area (Å²) in [6, 6.07) is 0. The summed E-state index contributed by atoms with van der Waals surface area (Å²) in [5.41, 5.74) is 0. The highest BCUT2D eigenvalue weighted by atomic mass is 16.5. The first-order valence-corrected chi connectivity index (χ1v) is 11.9. The molecule has 0 spiro atoms. The van der Waals surface area contributed by atoms with E-state index in [1.807, 2.05) is 0 Å². The van der Waals surface area contributed by atoms with E-state index in [2.05, 4.69) is 20.8 Å². The average Bonchev–Trinajstić information content (AvgIpc) is 2.69. The molecule has 0 aromatic heterocycles. The molecule has 0 amide bonds. The molecule has 0 heterocycles. The van der Waals surface area contributed by atoms with Crippen LogP contribution in [0, 0.1) is 17.8 Å². The minimum atomic E-state index is -0.0700. The predicted molar refractivity (Wildman–Crippen MR) is 114 cm³/mol. The molecule has 1 aliphatic rings. The van der Waals surface area contributed by atoms with Crippen LogP contribution in [0.15, 0.2) is 0 Å². The first kappa shape index (κ1) is 25.0. The van der Waals surface area contributed by atoms with E-state index in [1.54, 1.807) is 0 Å². The molecule has 0 N–H and O–H groups in total. The van der Waals surface area contributed by atoms with Gasteiger partial charge in [-0.05, 0) is 50.9 Å². The highest BCUT2D eigenvalue weighted by Gasteiger charge is 2.31. The molecular formula is C24H44O4. The van der Waals surface area contributed by atoms with Gasteiger partial charge in [0.25, 0.3) is 0 Å². The second kappa shape index (κ2) is 15.8. The lowest BCUT2D eigenvalue weighted by Gasteiger charge is -2.26. The minimum Gasteiger partial charge on any atom is -0.465 e. The summed E-state index contributed by atoms with van der Waals surface area (Å²) < 4.78 is 10.9. The number of esters is 2. The zero-order valence-electron chi connectivity index (χ0n) is 18.7. The van der Waals surface area contributed by atoms with Crippen LogP contribution < -0.4 is 0 Å². The maximum Gasteiger partial charge on any atom is 0.308 e. The van der Waals surface area contributed by atoms with Crippen LogP contribution in [0.25, 0.3) is 0 Å². The molecule has 28 heavy (non-hydrogen) atoms. The van der Waals surface area contributed by atoms with Crippen LogP contribution >= 0.6 is 0 Å². The fourth-order valence-electron chi connectivity index (χ4n) is 3.86. The normalized spacial score (nSPS) is 19.6. The zero-order chi connectivity index (χ0) is 20.6. The molecule has 1 saturated carbocycles. The fraction of sp³-hybridized carbons (Fsp3) is 0.917. The Bertz CT molecular complexity index is 411. The zero-order valence-corrected chi connectivity index (χ0v) is 18.7. The summed E-state index contributed by atoms with van der Waals surface area (Å²) in [5.74, 6) is 0.513. The van der Waals surface area contributed by atoms with Crippen molar-refractivity contribution in [2.24, 2.45) is 17.8 Å². The standard InChI is InChI=1S/C24H44O4/c1-4-5-6-7-8-9-11-18-27-23(25)21-14-16-22(17-15-21)24(26)28-19-12-10-13-20(2)3/h20-22H,4-19H2,1-3H3. The molecule has 1 aliphatic carbocycles. The van der Waals surface area contributed by atoms with Gasteiger partial charge in [-0.1, -0.05) is 65.7 Å². The second-order valence-corrected chi connectivity index (χ2v) is 8.89. The molecule has 0 atom stereocenters. The topological polar surface area (TPSA) is 52.6 Å². The van der Waals surface area contributed by atoms with E-state index in [9.17, 15) is 9.59 Å². The Morgan fingerprint density at radius 3 is 1.61 bits per heavy atom. The SMILES string of the molecule is CCCCCCCCCOC(=O)C1CCC(C(=O)OCCCCC(C)C)CC1. The van der Waals surface area contributed by atoms with Crippen LogP contribution in [0.5, 0.6) is 0 Å². The lowest BCUT2D eigenvalue weighted by Crippen LogP contribution is -2.28. The Hall–Kier alpha value is -1.06. The largest absolute Gasteiger partial charge is 0.465 e. The average molecular weight is 397 g/mol. The third kappa shape index (κ3) is 11.7. The van der Waals surface area contributed by atoms with Crippen LogP contribution in [0.1, 0.15) is 111 Å². The molecule has 0 aromatic carbocycles. The monoisotopic (exact) mass is 396 g/mol. The quantitative estimate of drug-likeness (QED) is 0.235. The van der Waals surface area contributed by atoms with E-state index in [0.29, 0.717) is 19.1 Å². The molecule has 4 nitrogen and oxygen atoms in total. The van der Waals surface area contributed by atoms with E-state index in [-0.39, 0.29) is 23.8 Å². The summed E-state index contributed by atoms with van der Waals surface area (Å²) in [5, 5.41) is 0. The second-order valence-electron chi connectivity index (χ2n) is 8.89. The molecule has 0 aromatic rings. The van der Waals surface area contributed by atoms with Gasteiger partial charge in [0.05, 0.1) is 25.0 Å². The molecule has 1 rings (SSSR count). The molecule has 164 valence electrons. The number of rotatable bonds is 15. The lowest BCUT2D eigenvalue weighted by atomic mass is 9.82. The van der Waals surface area contributed by atoms with Crippen molar-refractivity contribution in [2.45, 2.75) is 111 Å². The predicted octanol–water partition coefficient (Wildman–Crippen LogP) is 6.46. The van der Waals surface area contributed by atoms with Crippen molar-refractivity contribution in [1.29, 1.82) is 0 Å². The Morgan fingerprint density at radius 2 is 1.14 bits per heavy atom. The van der Waals surface area contributed by atoms with Crippen molar-refractivity contribution in [2.75, 3.05) is 13.2 Å². The number of unbranched alkanes of at least 4 members (excludes halogenated alkanes) is 7. The van der Waals surface area contributed by atoms with Gasteiger partial charge in [-0.2, -0.15) is 0 Å². The van der Waals surface area contributed by atoms with Gasteiger partial charge in [0.15, 0.2) is 0 Å². The van der Waals surface area contributed by atoms with Crippen LogP contribution in [-0.2, 0) is 19.1 Å². The van der Waals surface area contributed by atoms with Crippen LogP contribution in [0.4, 0.5) is 0 Å². The van der Waals surface area contributed by atoms with Crippen LogP contribution in [0.2, 0.25) is 0 Å². The Labute approximate surface area is 173 Å². The molecule has 0 radical (unpaired) electrons. The van der Waals surface area contributed by atoms with Gasteiger partial charge in [0, 0.05) is 0 Å². The van der Waals surface area contributed by atoms with Gasteiger partial charge >= 0.3 is 11.9 Å². The number of hydrogen-bond acceptors (Lipinski definition) is 4. The molecule has 1 fully saturated rings. The summed E-state index contributed by atoms with van der Waals surface area (Å²) in [6.45, 7) is 7.73. The minimum absolute atomic E-state index is 0.0281. The van der Waals surface area contributed by atoms with Gasteiger partial charge in [-0.25, -0.2) is 0 Å². The van der Waals surface area contributed by atoms with Gasteiger partial charge < -0.3 is 9.47 Å². The van der Waals surface area contributed by atoms with E-state index in [0.717, 1.165) is 51.4 Å². The molecular weight excluding hydrogens is 352 g/mol. The maximum absolute atomic E-state index is 12.2. The van der Waals surface area contributed by atoms with Crippen LogP contribution in [0.3, 0.4) is 0 Å². The molecule has 0 bridgehead atoms. The highest BCUT2D eigenvalue weighted by molar-refractivity contribution is 5.75. The van der Waals surface area contributed by atoms with E-state index in [4.69, 9.17) is 9.47 Å². The number of carbonyl (C=O) groups is 2. The smallest absolute Gasteiger partial charge is 0.308 e. The van der Waals surface area contributed by atoms with Crippen molar-refractivity contribution < 1.29 is 19.1 Å². The maximum atomic E-state index is 12.2. The third-order valence-electron chi connectivity index (χ3n) is 5.81. The van der Waals surface area contributed by atoms with E-state index >= 15 is 0 Å². The molecule has 0 unspecified atom stereocenters. The first-order valence-electron chi connectivity index (χ1n) is 11.9. The third-order valence-corrected chi connectivity index (χ3v) is 5.81. The summed E-state index contributed by atoms with van der Waals surface area (Å²) in [6.07, 6.45) is 14.8. The van der Waals surface area contributed by atoms with Crippen molar-refractivity contribution in [3.8, 4) is 0 Å². The Morgan fingerprint density at radius 1 is 0.714 bits per heavy atom. The number of carbonyl (C=O) groups excluding carboxylic acids is 2. The summed E-state index contributed by atoms with van der Waals surface area (Å²) in [4.78, 5) is 24.4. The highest BCUT2D eigenvalue weighted by Crippen LogP contribution is 2.30. The van der Waals surface area contributed by atoms with Gasteiger partial charge in [0.2, 0.25) is 0 Å². The fourth-order valence-corrected chi connectivity index (χ4v) is 3.86. The summed E-state index contributed by atoms with van der Waals surface area (Å²) >= 11 is 0. The van der Waals surface area contributed by atoms with Crippen molar-refractivity contribution in [3.05, 3.63) is 0 Å². The molecule has 0 saturated heterocycles. The van der Waals surface area contributed by atoms with Crippen molar-refractivity contribution in [3.63, 3.8) is 0 Å². The van der Waals surface area contributed by atoms with Gasteiger partial charge in [-0.15, -0.1) is 0 Å². The van der Waals surface area contributed by atoms with E-state index < -0.39 is 0 Å². The van der Waals surface area contributed by atoms with Gasteiger partial charge in [-0.3, -0.25) is 9.59 Å². The Balaban J connectivity index is 2.05. The van der Waals surface area contributed by atoms with Crippen molar-refractivity contribution >= 4 is 11.9 Å². The van der Waals surface area contributed by atoms with Crippen molar-refractivity contribution in [1.82, 2.24) is 0 Å². The summed E-state index contributed by atoms with van der Waals surface area (Å²) in [7, 11) is 0. The number of ether oxygens (including phenoxy) is 2. The molecule has 4 heteroatoms. The van der Waals surface area contributed by atoms with E-state index in [1.165, 1.54) is 38.5 Å². The molecule has 0 aliphatic heterocycles. The lowest BCUT2D eigenvalue weighted by molar-refractivity contribution is -0.155. The Kier molecular flexibility index (Phi) is 14.1. The van der Waals surface area contributed by atoms with Crippen LogP contribution in [-0.4, -0.2) is 25.2 Å².